The van der Waals surface area contributed by atoms with E-state index in [1.165, 1.54) is 0 Å². The van der Waals surface area contributed by atoms with Gasteiger partial charge >= 0.3 is 0 Å². The zero-order valence-corrected chi connectivity index (χ0v) is 13.5. The van der Waals surface area contributed by atoms with Crippen molar-refractivity contribution in [1.82, 2.24) is 0 Å². The first-order valence-corrected chi connectivity index (χ1v) is 9.04. The van der Waals surface area contributed by atoms with Crippen LogP contribution in [0.25, 0.3) is 0 Å². The Labute approximate surface area is 126 Å². The Balaban J connectivity index is 2.59. The number of benzene rings is 1. The molecule has 0 aromatic heterocycles. The molecule has 120 valence electrons. The first kappa shape index (κ1) is 17.8. The van der Waals surface area contributed by atoms with Gasteiger partial charge in [-0.25, -0.2) is 8.42 Å². The number of aliphatic hydroxyl groups is 1. The first-order valence-electron chi connectivity index (χ1n) is 7.22. The van der Waals surface area contributed by atoms with Crippen molar-refractivity contribution in [3.8, 4) is 11.5 Å². The molecule has 0 radical (unpaired) electrons. The van der Waals surface area contributed by atoms with Crippen molar-refractivity contribution in [2.45, 2.75) is 33.3 Å². The van der Waals surface area contributed by atoms with Crippen LogP contribution in [0.1, 0.15) is 32.3 Å². The number of rotatable bonds is 10. The summed E-state index contributed by atoms with van der Waals surface area (Å²) >= 11 is 0. The van der Waals surface area contributed by atoms with Gasteiger partial charge in [0.25, 0.3) is 0 Å². The highest BCUT2D eigenvalue weighted by molar-refractivity contribution is 7.91. The Hall–Kier alpha value is -1.27. The molecule has 0 aliphatic heterocycles. The van der Waals surface area contributed by atoms with E-state index >= 15 is 0 Å². The van der Waals surface area contributed by atoms with E-state index in [2.05, 4.69) is 0 Å². The molecule has 1 aromatic carbocycles. The minimum absolute atomic E-state index is 0.115. The van der Waals surface area contributed by atoms with E-state index in [9.17, 15) is 13.5 Å². The predicted molar refractivity (Wildman–Crippen MR) is 82.6 cm³/mol. The molecule has 0 bridgehead atoms. The monoisotopic (exact) mass is 316 g/mol. The van der Waals surface area contributed by atoms with Crippen molar-refractivity contribution in [3.05, 3.63) is 23.8 Å². The van der Waals surface area contributed by atoms with E-state index in [0.29, 0.717) is 36.7 Å². The highest BCUT2D eigenvalue weighted by Crippen LogP contribution is 2.25. The van der Waals surface area contributed by atoms with Gasteiger partial charge in [0.15, 0.2) is 0 Å². The topological polar surface area (TPSA) is 72.8 Å². The Kier molecular flexibility index (Phi) is 7.53. The van der Waals surface area contributed by atoms with Crippen LogP contribution in [0.3, 0.4) is 0 Å². The molecular weight excluding hydrogens is 292 g/mol. The molecule has 6 heteroatoms. The summed E-state index contributed by atoms with van der Waals surface area (Å²) in [5.41, 5.74) is 0.664. The smallest absolute Gasteiger partial charge is 0.150 e. The molecule has 0 saturated heterocycles. The Bertz CT molecular complexity index is 525. The Morgan fingerprint density at radius 2 is 1.90 bits per heavy atom. The van der Waals surface area contributed by atoms with E-state index in [1.807, 2.05) is 6.92 Å². The van der Waals surface area contributed by atoms with Crippen LogP contribution >= 0.6 is 0 Å². The number of ether oxygens (including phenoxy) is 2. The fraction of sp³-hybridized carbons (Fsp3) is 0.600. The second-order valence-electron chi connectivity index (χ2n) is 4.71. The van der Waals surface area contributed by atoms with Crippen molar-refractivity contribution in [2.24, 2.45) is 0 Å². The fourth-order valence-electron chi connectivity index (χ4n) is 1.71. The second-order valence-corrected chi connectivity index (χ2v) is 7.19. The van der Waals surface area contributed by atoms with Crippen LogP contribution in [0.2, 0.25) is 0 Å². The number of aliphatic hydroxyl groups excluding tert-OH is 1. The molecule has 0 aliphatic rings. The molecule has 0 aliphatic carbocycles. The van der Waals surface area contributed by atoms with Gasteiger partial charge in [-0.15, -0.1) is 0 Å². The summed E-state index contributed by atoms with van der Waals surface area (Å²) in [4.78, 5) is 0. The van der Waals surface area contributed by atoms with Crippen LogP contribution in [0.4, 0.5) is 0 Å². The van der Waals surface area contributed by atoms with Crippen LogP contribution in [-0.4, -0.2) is 38.2 Å². The summed E-state index contributed by atoms with van der Waals surface area (Å²) in [6.07, 6.45) is 1.34. The van der Waals surface area contributed by atoms with Crippen molar-refractivity contribution in [2.75, 3.05) is 24.7 Å². The number of hydrogen-bond donors (Lipinski definition) is 1. The molecule has 0 spiro atoms. The third-order valence-electron chi connectivity index (χ3n) is 2.98. The predicted octanol–water partition coefficient (Wildman–Crippen LogP) is 2.17. The van der Waals surface area contributed by atoms with E-state index in [0.717, 1.165) is 6.42 Å². The van der Waals surface area contributed by atoms with E-state index in [1.54, 1.807) is 25.1 Å². The number of hydrogen-bond acceptors (Lipinski definition) is 5. The van der Waals surface area contributed by atoms with Gasteiger partial charge < -0.3 is 14.6 Å². The standard InChI is InChI=1S/C15H24O5S/c1-3-8-19-14-7-6-13(12-16)15(11-14)20-9-5-10-21(17,18)4-2/h6-7,11,16H,3-5,8-10,12H2,1-2H3. The van der Waals surface area contributed by atoms with Gasteiger partial charge in [0.1, 0.15) is 21.3 Å². The molecule has 21 heavy (non-hydrogen) atoms. The molecule has 0 amide bonds. The molecule has 0 heterocycles. The summed E-state index contributed by atoms with van der Waals surface area (Å²) in [6.45, 7) is 4.44. The van der Waals surface area contributed by atoms with Crippen molar-refractivity contribution in [1.29, 1.82) is 0 Å². The van der Waals surface area contributed by atoms with Gasteiger partial charge in [-0.3, -0.25) is 0 Å². The van der Waals surface area contributed by atoms with Crippen LogP contribution in [0.5, 0.6) is 11.5 Å². The maximum Gasteiger partial charge on any atom is 0.150 e. The van der Waals surface area contributed by atoms with Crippen LogP contribution in [-0.2, 0) is 16.4 Å². The lowest BCUT2D eigenvalue weighted by Gasteiger charge is -2.12. The quantitative estimate of drug-likeness (QED) is 0.670. The average Bonchev–Trinajstić information content (AvgIpc) is 2.49. The zero-order valence-electron chi connectivity index (χ0n) is 12.7. The maximum atomic E-state index is 11.4. The maximum absolute atomic E-state index is 11.4. The van der Waals surface area contributed by atoms with Gasteiger partial charge in [0.05, 0.1) is 25.6 Å². The molecule has 1 rings (SSSR count). The summed E-state index contributed by atoms with van der Waals surface area (Å²) < 4.78 is 33.9. The first-order chi connectivity index (χ1) is 10.0. The fourth-order valence-corrected chi connectivity index (χ4v) is 2.56. The van der Waals surface area contributed by atoms with Gasteiger partial charge in [-0.1, -0.05) is 13.8 Å². The Morgan fingerprint density at radius 1 is 1.14 bits per heavy atom. The Morgan fingerprint density at radius 3 is 2.52 bits per heavy atom. The molecule has 0 saturated carbocycles. The van der Waals surface area contributed by atoms with Gasteiger partial charge in [-0.2, -0.15) is 0 Å². The lowest BCUT2D eigenvalue weighted by molar-refractivity contribution is 0.260. The second kappa shape index (κ2) is 8.89. The third-order valence-corrected chi connectivity index (χ3v) is 4.77. The van der Waals surface area contributed by atoms with Crippen LogP contribution in [0.15, 0.2) is 18.2 Å². The average molecular weight is 316 g/mol. The molecular formula is C15H24O5S. The minimum atomic E-state index is -2.96. The lowest BCUT2D eigenvalue weighted by Crippen LogP contribution is -2.12. The summed E-state index contributed by atoms with van der Waals surface area (Å²) in [5, 5.41) is 9.29. The van der Waals surface area contributed by atoms with Crippen molar-refractivity contribution < 1.29 is 23.0 Å². The highest BCUT2D eigenvalue weighted by Gasteiger charge is 2.09. The minimum Gasteiger partial charge on any atom is -0.493 e. The molecule has 5 nitrogen and oxygen atoms in total. The van der Waals surface area contributed by atoms with Crippen molar-refractivity contribution in [3.63, 3.8) is 0 Å². The lowest BCUT2D eigenvalue weighted by atomic mass is 10.2. The SMILES string of the molecule is CCCOc1ccc(CO)c(OCCCS(=O)(=O)CC)c1. The van der Waals surface area contributed by atoms with E-state index in [4.69, 9.17) is 9.47 Å². The van der Waals surface area contributed by atoms with E-state index < -0.39 is 9.84 Å². The van der Waals surface area contributed by atoms with Crippen LogP contribution < -0.4 is 9.47 Å². The molecule has 0 fully saturated rings. The van der Waals surface area contributed by atoms with Gasteiger partial charge in [-0.05, 0) is 25.0 Å². The number of sulfone groups is 1. The normalized spacial score (nSPS) is 11.4. The van der Waals surface area contributed by atoms with Gasteiger partial charge in [0.2, 0.25) is 0 Å². The zero-order chi connectivity index (χ0) is 15.7. The molecule has 1 aromatic rings. The van der Waals surface area contributed by atoms with Crippen LogP contribution in [0, 0.1) is 0 Å². The summed E-state index contributed by atoms with van der Waals surface area (Å²) in [5.74, 6) is 1.49. The highest BCUT2D eigenvalue weighted by atomic mass is 32.2. The summed E-state index contributed by atoms with van der Waals surface area (Å²) in [6, 6.07) is 5.27. The molecule has 1 N–H and O–H groups in total. The van der Waals surface area contributed by atoms with E-state index in [-0.39, 0.29) is 18.1 Å². The third kappa shape index (κ3) is 6.35. The summed E-state index contributed by atoms with van der Waals surface area (Å²) in [7, 11) is -2.96. The largest absolute Gasteiger partial charge is 0.493 e. The molecule has 0 atom stereocenters. The van der Waals surface area contributed by atoms with Gasteiger partial charge in [0, 0.05) is 17.4 Å². The van der Waals surface area contributed by atoms with Crippen molar-refractivity contribution >= 4 is 9.84 Å². The molecule has 0 unspecified atom stereocenters.